The Kier molecular flexibility index (Phi) is 7.07. The molecule has 0 unspecified atom stereocenters. The summed E-state index contributed by atoms with van der Waals surface area (Å²) >= 11 is 0. The summed E-state index contributed by atoms with van der Waals surface area (Å²) in [4.78, 5) is 12.1. The van der Waals surface area contributed by atoms with Crippen molar-refractivity contribution in [2.45, 2.75) is 18.0 Å². The molecule has 0 bridgehead atoms. The van der Waals surface area contributed by atoms with E-state index < -0.39 is 27.5 Å². The molecule has 0 fully saturated rings. The smallest absolute Gasteiger partial charge is 0.416 e. The van der Waals surface area contributed by atoms with Gasteiger partial charge in [0.1, 0.15) is 12.4 Å². The number of benzene rings is 2. The van der Waals surface area contributed by atoms with Crippen LogP contribution in [0.4, 0.5) is 13.2 Å². The van der Waals surface area contributed by atoms with E-state index in [0.717, 1.165) is 18.4 Å². The SMILES string of the molecule is CC(=CC(=O)NCCOc1ccc(S(C)(=O)=O)cc1)c1ccc(C(F)(F)F)cc1. The number of carbonyl (C=O) groups excluding carboxylic acids is 1. The van der Waals surface area contributed by atoms with Crippen LogP contribution in [0.2, 0.25) is 0 Å². The van der Waals surface area contributed by atoms with E-state index in [4.69, 9.17) is 4.74 Å². The van der Waals surface area contributed by atoms with Gasteiger partial charge in [0.25, 0.3) is 0 Å². The summed E-state index contributed by atoms with van der Waals surface area (Å²) in [6.07, 6.45) is -2.00. The van der Waals surface area contributed by atoms with Crippen molar-refractivity contribution in [3.05, 3.63) is 65.7 Å². The molecule has 1 amide bonds. The van der Waals surface area contributed by atoms with Crippen molar-refractivity contribution in [3.8, 4) is 5.75 Å². The van der Waals surface area contributed by atoms with Crippen LogP contribution in [-0.2, 0) is 20.8 Å². The number of hydrogen-bond acceptors (Lipinski definition) is 4. The van der Waals surface area contributed by atoms with Crippen LogP contribution in [0.5, 0.6) is 5.75 Å². The summed E-state index contributed by atoms with van der Waals surface area (Å²) in [6, 6.07) is 10.5. The molecule has 2 rings (SSSR count). The van der Waals surface area contributed by atoms with Gasteiger partial charge in [-0.15, -0.1) is 0 Å². The Morgan fingerprint density at radius 3 is 2.17 bits per heavy atom. The molecular formula is C20H20F3NO4S. The lowest BCUT2D eigenvalue weighted by molar-refractivity contribution is -0.137. The Hall–Kier alpha value is -2.81. The van der Waals surface area contributed by atoms with Gasteiger partial charge in [-0.05, 0) is 54.5 Å². The molecule has 156 valence electrons. The van der Waals surface area contributed by atoms with E-state index in [1.807, 2.05) is 0 Å². The van der Waals surface area contributed by atoms with Crippen molar-refractivity contribution < 1.29 is 31.1 Å². The van der Waals surface area contributed by atoms with Gasteiger partial charge in [0, 0.05) is 12.3 Å². The molecule has 0 aromatic heterocycles. The Morgan fingerprint density at radius 1 is 1.07 bits per heavy atom. The highest BCUT2D eigenvalue weighted by molar-refractivity contribution is 7.90. The first-order valence-electron chi connectivity index (χ1n) is 8.53. The molecule has 0 saturated heterocycles. The largest absolute Gasteiger partial charge is 0.492 e. The van der Waals surface area contributed by atoms with Gasteiger partial charge in [0.15, 0.2) is 9.84 Å². The maximum absolute atomic E-state index is 12.6. The number of amides is 1. The second kappa shape index (κ2) is 9.13. The minimum absolute atomic E-state index is 0.164. The average molecular weight is 427 g/mol. The highest BCUT2D eigenvalue weighted by atomic mass is 32.2. The van der Waals surface area contributed by atoms with Gasteiger partial charge in [-0.25, -0.2) is 8.42 Å². The molecule has 0 atom stereocenters. The Bertz CT molecular complexity index is 980. The van der Waals surface area contributed by atoms with Crippen LogP contribution in [0.3, 0.4) is 0 Å². The van der Waals surface area contributed by atoms with Crippen molar-refractivity contribution in [2.75, 3.05) is 19.4 Å². The monoisotopic (exact) mass is 427 g/mol. The van der Waals surface area contributed by atoms with Gasteiger partial charge in [-0.1, -0.05) is 12.1 Å². The summed E-state index contributed by atoms with van der Waals surface area (Å²) in [6.45, 7) is 1.99. The molecule has 2 aromatic rings. The van der Waals surface area contributed by atoms with Crippen LogP contribution < -0.4 is 10.1 Å². The molecule has 0 aliphatic rings. The third-order valence-electron chi connectivity index (χ3n) is 3.94. The predicted molar refractivity (Wildman–Crippen MR) is 103 cm³/mol. The van der Waals surface area contributed by atoms with Crippen LogP contribution >= 0.6 is 0 Å². The number of halogens is 3. The van der Waals surface area contributed by atoms with E-state index >= 15 is 0 Å². The normalized spacial score (nSPS) is 12.5. The Balaban J connectivity index is 1.83. The van der Waals surface area contributed by atoms with Crippen LogP contribution in [-0.4, -0.2) is 33.7 Å². The van der Waals surface area contributed by atoms with Crippen LogP contribution in [0.15, 0.2) is 59.5 Å². The third kappa shape index (κ3) is 6.94. The van der Waals surface area contributed by atoms with Crippen LogP contribution in [0.1, 0.15) is 18.1 Å². The molecule has 0 aliphatic heterocycles. The van der Waals surface area contributed by atoms with Crippen molar-refractivity contribution in [1.82, 2.24) is 5.32 Å². The van der Waals surface area contributed by atoms with E-state index in [9.17, 15) is 26.4 Å². The number of allylic oxidation sites excluding steroid dienone is 1. The van der Waals surface area contributed by atoms with Gasteiger partial charge in [0.2, 0.25) is 5.91 Å². The van der Waals surface area contributed by atoms with Gasteiger partial charge in [-0.2, -0.15) is 13.2 Å². The van der Waals surface area contributed by atoms with Crippen molar-refractivity contribution in [3.63, 3.8) is 0 Å². The summed E-state index contributed by atoms with van der Waals surface area (Å²) in [5, 5.41) is 2.61. The van der Waals surface area contributed by atoms with E-state index in [1.54, 1.807) is 6.92 Å². The number of carbonyl (C=O) groups is 1. The van der Waals surface area contributed by atoms with Gasteiger partial charge < -0.3 is 10.1 Å². The number of nitrogens with one attached hydrogen (secondary N) is 1. The quantitative estimate of drug-likeness (QED) is 0.540. The summed E-state index contributed by atoms with van der Waals surface area (Å²) in [7, 11) is -3.27. The summed E-state index contributed by atoms with van der Waals surface area (Å²) in [5.41, 5.74) is 0.282. The third-order valence-corrected chi connectivity index (χ3v) is 5.07. The van der Waals surface area contributed by atoms with E-state index in [-0.39, 0.29) is 18.0 Å². The first-order valence-corrected chi connectivity index (χ1v) is 10.4. The highest BCUT2D eigenvalue weighted by Gasteiger charge is 2.29. The zero-order valence-corrected chi connectivity index (χ0v) is 16.6. The zero-order chi connectivity index (χ0) is 21.7. The molecule has 9 heteroatoms. The molecule has 0 aliphatic carbocycles. The number of sulfone groups is 1. The molecule has 2 aromatic carbocycles. The molecule has 5 nitrogen and oxygen atoms in total. The standard InChI is InChI=1S/C20H20F3NO4S/c1-14(15-3-5-16(6-4-15)20(21,22)23)13-19(25)24-11-12-28-17-7-9-18(10-8-17)29(2,26)27/h3-10,13H,11-12H2,1-2H3,(H,24,25). The average Bonchev–Trinajstić information content (AvgIpc) is 2.64. The molecule has 29 heavy (non-hydrogen) atoms. The first-order chi connectivity index (χ1) is 13.5. The topological polar surface area (TPSA) is 72.5 Å². The minimum atomic E-state index is -4.40. The second-order valence-electron chi connectivity index (χ2n) is 6.29. The molecule has 0 heterocycles. The lowest BCUT2D eigenvalue weighted by Crippen LogP contribution is -2.26. The molecule has 1 N–H and O–H groups in total. The van der Waals surface area contributed by atoms with Crippen LogP contribution in [0, 0.1) is 0 Å². The van der Waals surface area contributed by atoms with Gasteiger partial charge >= 0.3 is 6.18 Å². The second-order valence-corrected chi connectivity index (χ2v) is 8.30. The van der Waals surface area contributed by atoms with Gasteiger partial charge in [-0.3, -0.25) is 4.79 Å². The Labute approximate surface area is 167 Å². The Morgan fingerprint density at radius 2 is 1.66 bits per heavy atom. The fourth-order valence-electron chi connectivity index (χ4n) is 2.38. The van der Waals surface area contributed by atoms with Gasteiger partial charge in [0.05, 0.1) is 17.0 Å². The molecular weight excluding hydrogens is 407 g/mol. The number of rotatable bonds is 7. The first kappa shape index (κ1) is 22.5. The highest BCUT2D eigenvalue weighted by Crippen LogP contribution is 2.30. The van der Waals surface area contributed by atoms with Crippen molar-refractivity contribution in [2.24, 2.45) is 0 Å². The minimum Gasteiger partial charge on any atom is -0.492 e. The molecule has 0 radical (unpaired) electrons. The lowest BCUT2D eigenvalue weighted by atomic mass is 10.0. The number of ether oxygens (including phenoxy) is 1. The number of hydrogen-bond donors (Lipinski definition) is 1. The van der Waals surface area contributed by atoms with E-state index in [2.05, 4.69) is 5.32 Å². The fourth-order valence-corrected chi connectivity index (χ4v) is 3.01. The molecule has 0 spiro atoms. The summed E-state index contributed by atoms with van der Waals surface area (Å²) in [5.74, 6) is 0.0570. The fraction of sp³-hybridized carbons (Fsp3) is 0.250. The predicted octanol–water partition coefficient (Wildman–Crippen LogP) is 3.71. The zero-order valence-electron chi connectivity index (χ0n) is 15.8. The van der Waals surface area contributed by atoms with E-state index in [0.29, 0.717) is 16.9 Å². The maximum atomic E-state index is 12.6. The summed E-state index contributed by atoms with van der Waals surface area (Å²) < 4.78 is 65.9. The van der Waals surface area contributed by atoms with Crippen molar-refractivity contribution >= 4 is 21.3 Å². The maximum Gasteiger partial charge on any atom is 0.416 e. The number of alkyl halides is 3. The molecule has 0 saturated carbocycles. The van der Waals surface area contributed by atoms with E-state index in [1.165, 1.54) is 42.5 Å². The van der Waals surface area contributed by atoms with Crippen molar-refractivity contribution in [1.29, 1.82) is 0 Å². The lowest BCUT2D eigenvalue weighted by Gasteiger charge is -2.09. The van der Waals surface area contributed by atoms with Crippen LogP contribution in [0.25, 0.3) is 5.57 Å².